The second kappa shape index (κ2) is 7.30. The maximum absolute atomic E-state index is 12.4. The van der Waals surface area contributed by atoms with E-state index in [4.69, 9.17) is 4.52 Å². The number of hydrogen-bond donors (Lipinski definition) is 1. The number of nitrogens with one attached hydrogen (secondary N) is 1. The predicted molar refractivity (Wildman–Crippen MR) is 98.9 cm³/mol. The van der Waals surface area contributed by atoms with Crippen LogP contribution in [0.3, 0.4) is 0 Å². The number of anilines is 1. The highest BCUT2D eigenvalue weighted by atomic mass is 16.5. The highest BCUT2D eigenvalue weighted by Crippen LogP contribution is 2.26. The van der Waals surface area contributed by atoms with Gasteiger partial charge in [-0.25, -0.2) is 0 Å². The van der Waals surface area contributed by atoms with Crippen molar-refractivity contribution in [3.8, 4) is 0 Å². The molecule has 134 valence electrons. The van der Waals surface area contributed by atoms with Gasteiger partial charge in [-0.15, -0.1) is 0 Å². The van der Waals surface area contributed by atoms with Crippen LogP contribution >= 0.6 is 0 Å². The summed E-state index contributed by atoms with van der Waals surface area (Å²) in [7, 11) is 0. The van der Waals surface area contributed by atoms with Crippen molar-refractivity contribution in [2.75, 3.05) is 18.0 Å². The maximum atomic E-state index is 12.4. The summed E-state index contributed by atoms with van der Waals surface area (Å²) >= 11 is 0. The number of carbonyl (C=O) groups excluding carboxylic acids is 1. The number of carbonyl (C=O) groups is 1. The minimum atomic E-state index is 0.100. The zero-order chi connectivity index (χ0) is 18.0. The Bertz CT molecular complexity index is 716. The summed E-state index contributed by atoms with van der Waals surface area (Å²) in [6.07, 6.45) is 1.45. The largest absolute Gasteiger partial charge is 0.369 e. The van der Waals surface area contributed by atoms with E-state index in [1.807, 2.05) is 13.8 Å². The van der Waals surface area contributed by atoms with Crippen LogP contribution in [0.4, 0.5) is 5.69 Å². The Morgan fingerprint density at radius 3 is 2.68 bits per heavy atom. The smallest absolute Gasteiger partial charge is 0.220 e. The summed E-state index contributed by atoms with van der Waals surface area (Å²) in [6.45, 7) is 9.83. The summed E-state index contributed by atoms with van der Waals surface area (Å²) in [4.78, 5) is 14.8. The summed E-state index contributed by atoms with van der Waals surface area (Å²) in [5, 5.41) is 7.17. The second-order valence-electron chi connectivity index (χ2n) is 7.18. The highest BCUT2D eigenvalue weighted by molar-refractivity contribution is 5.77. The molecule has 1 N–H and O–H groups in total. The molecule has 2 aromatic rings. The average Bonchev–Trinajstić information content (AvgIpc) is 3.14. The van der Waals surface area contributed by atoms with E-state index < -0.39 is 0 Å². The molecule has 2 atom stereocenters. The molecule has 1 amide bonds. The van der Waals surface area contributed by atoms with Crippen molar-refractivity contribution in [3.05, 3.63) is 46.8 Å². The zero-order valence-electron chi connectivity index (χ0n) is 15.5. The second-order valence-corrected chi connectivity index (χ2v) is 7.18. The Labute approximate surface area is 149 Å². The van der Waals surface area contributed by atoms with E-state index in [1.165, 1.54) is 11.3 Å². The van der Waals surface area contributed by atoms with E-state index in [2.05, 4.69) is 53.5 Å². The van der Waals surface area contributed by atoms with Gasteiger partial charge in [0.1, 0.15) is 5.76 Å². The molecule has 1 aromatic carbocycles. The zero-order valence-corrected chi connectivity index (χ0v) is 15.5. The summed E-state index contributed by atoms with van der Waals surface area (Å²) < 4.78 is 5.21. The molecule has 1 aliphatic rings. The van der Waals surface area contributed by atoms with Crippen LogP contribution in [0.2, 0.25) is 0 Å². The molecular weight excluding hydrogens is 314 g/mol. The summed E-state index contributed by atoms with van der Waals surface area (Å²) in [6, 6.07) is 8.78. The number of hydrogen-bond acceptors (Lipinski definition) is 4. The van der Waals surface area contributed by atoms with Gasteiger partial charge in [-0.1, -0.05) is 29.8 Å². The van der Waals surface area contributed by atoms with E-state index in [0.717, 1.165) is 36.5 Å². The van der Waals surface area contributed by atoms with Crippen LogP contribution in [0.15, 0.2) is 28.8 Å². The van der Waals surface area contributed by atoms with Gasteiger partial charge in [-0.05, 0) is 45.2 Å². The maximum Gasteiger partial charge on any atom is 0.220 e. The third-order valence-electron chi connectivity index (χ3n) is 5.03. The van der Waals surface area contributed by atoms with Crippen LogP contribution in [-0.4, -0.2) is 30.2 Å². The third kappa shape index (κ3) is 4.03. The fraction of sp³-hybridized carbons (Fsp3) is 0.500. The van der Waals surface area contributed by atoms with Crippen molar-refractivity contribution in [2.45, 2.75) is 52.5 Å². The molecule has 2 heterocycles. The van der Waals surface area contributed by atoms with Crippen molar-refractivity contribution < 1.29 is 9.32 Å². The Morgan fingerprint density at radius 2 is 2.04 bits per heavy atom. The third-order valence-corrected chi connectivity index (χ3v) is 5.03. The molecule has 1 fully saturated rings. The van der Waals surface area contributed by atoms with Crippen molar-refractivity contribution in [1.82, 2.24) is 10.5 Å². The predicted octanol–water partition coefficient (Wildman–Crippen LogP) is 3.49. The lowest BCUT2D eigenvalue weighted by atomic mass is 9.96. The van der Waals surface area contributed by atoms with Crippen LogP contribution in [0.25, 0.3) is 0 Å². The molecule has 5 nitrogen and oxygen atoms in total. The Morgan fingerprint density at radius 1 is 1.32 bits per heavy atom. The molecule has 0 unspecified atom stereocenters. The lowest BCUT2D eigenvalue weighted by Crippen LogP contribution is -2.37. The quantitative estimate of drug-likeness (QED) is 0.904. The molecule has 0 saturated carbocycles. The van der Waals surface area contributed by atoms with Gasteiger partial charge in [0, 0.05) is 36.8 Å². The Hall–Kier alpha value is -2.30. The minimum absolute atomic E-state index is 0.100. The van der Waals surface area contributed by atoms with E-state index in [1.54, 1.807) is 0 Å². The van der Waals surface area contributed by atoms with Crippen LogP contribution in [-0.2, 0) is 4.79 Å². The first-order chi connectivity index (χ1) is 11.9. The molecule has 0 spiro atoms. The number of aromatic nitrogens is 1. The van der Waals surface area contributed by atoms with Crippen molar-refractivity contribution in [3.63, 3.8) is 0 Å². The first-order valence-electron chi connectivity index (χ1n) is 8.97. The molecule has 0 aliphatic carbocycles. The first-order valence-corrected chi connectivity index (χ1v) is 8.97. The van der Waals surface area contributed by atoms with Gasteiger partial charge in [-0.2, -0.15) is 0 Å². The number of aryl methyl sites for hydroxylation is 3. The van der Waals surface area contributed by atoms with E-state index in [0.29, 0.717) is 6.42 Å². The number of amides is 1. The fourth-order valence-corrected chi connectivity index (χ4v) is 3.73. The molecule has 1 aliphatic heterocycles. The van der Waals surface area contributed by atoms with Crippen LogP contribution in [0, 0.1) is 20.8 Å². The number of rotatable bonds is 5. The van der Waals surface area contributed by atoms with Crippen molar-refractivity contribution in [2.24, 2.45) is 0 Å². The molecule has 25 heavy (non-hydrogen) atoms. The van der Waals surface area contributed by atoms with E-state index >= 15 is 0 Å². The van der Waals surface area contributed by atoms with Gasteiger partial charge in [-0.3, -0.25) is 4.79 Å². The van der Waals surface area contributed by atoms with Crippen molar-refractivity contribution in [1.29, 1.82) is 0 Å². The van der Waals surface area contributed by atoms with Crippen LogP contribution in [0.5, 0.6) is 0 Å². The summed E-state index contributed by atoms with van der Waals surface area (Å²) in [5.41, 5.74) is 4.43. The fourth-order valence-electron chi connectivity index (χ4n) is 3.73. The van der Waals surface area contributed by atoms with Gasteiger partial charge >= 0.3 is 0 Å². The van der Waals surface area contributed by atoms with Gasteiger partial charge in [0.25, 0.3) is 0 Å². The van der Waals surface area contributed by atoms with Crippen LogP contribution < -0.4 is 10.2 Å². The van der Waals surface area contributed by atoms with Crippen LogP contribution in [0.1, 0.15) is 48.3 Å². The Kier molecular flexibility index (Phi) is 5.11. The van der Waals surface area contributed by atoms with Crippen molar-refractivity contribution >= 4 is 11.6 Å². The lowest BCUT2D eigenvalue weighted by Gasteiger charge is -2.20. The summed E-state index contributed by atoms with van der Waals surface area (Å²) in [5.74, 6) is 1.02. The van der Waals surface area contributed by atoms with E-state index in [9.17, 15) is 4.79 Å². The first kappa shape index (κ1) is 17.5. The number of benzene rings is 1. The standard InChI is InChI=1S/C20H27N3O2/c1-13-5-7-18(8-6-13)23-10-9-17(12-23)21-19(24)11-14(2)20-15(3)22-25-16(20)4/h5-8,14,17H,9-12H2,1-4H3,(H,21,24)/t14-,17+/m1/s1. The molecule has 5 heteroatoms. The molecule has 0 bridgehead atoms. The average molecular weight is 341 g/mol. The van der Waals surface area contributed by atoms with Gasteiger partial charge in [0.15, 0.2) is 0 Å². The van der Waals surface area contributed by atoms with Gasteiger partial charge < -0.3 is 14.7 Å². The van der Waals surface area contributed by atoms with E-state index in [-0.39, 0.29) is 17.9 Å². The molecular formula is C20H27N3O2. The SMILES string of the molecule is Cc1ccc(N2CC[C@H](NC(=O)C[C@@H](C)c3c(C)noc3C)C2)cc1. The monoisotopic (exact) mass is 341 g/mol. The normalized spacial score (nSPS) is 18.4. The molecule has 3 rings (SSSR count). The Balaban J connectivity index is 1.53. The topological polar surface area (TPSA) is 58.4 Å². The lowest BCUT2D eigenvalue weighted by molar-refractivity contribution is -0.122. The molecule has 1 saturated heterocycles. The minimum Gasteiger partial charge on any atom is -0.369 e. The molecule has 1 aromatic heterocycles. The highest BCUT2D eigenvalue weighted by Gasteiger charge is 2.25. The molecule has 0 radical (unpaired) electrons. The number of nitrogens with zero attached hydrogens (tertiary/aromatic N) is 2. The van der Waals surface area contributed by atoms with Gasteiger partial charge in [0.2, 0.25) is 5.91 Å². The van der Waals surface area contributed by atoms with Gasteiger partial charge in [0.05, 0.1) is 5.69 Å².